The van der Waals surface area contributed by atoms with Crippen molar-refractivity contribution in [2.75, 3.05) is 14.1 Å². The minimum atomic E-state index is 0.643. The Bertz CT molecular complexity index is 1100. The second kappa shape index (κ2) is 15.7. The predicted molar refractivity (Wildman–Crippen MR) is 197 cm³/mol. The third kappa shape index (κ3) is 7.55. The van der Waals surface area contributed by atoms with E-state index in [-0.39, 0.29) is 0 Å². The molecule has 1 heteroatoms. The Labute approximate surface area is 280 Å². The van der Waals surface area contributed by atoms with Gasteiger partial charge >= 0.3 is 0 Å². The standard InChI is InChI=1S/C44H71N/c1-10-29(5)34-21-23-42(45(8)9)39(24-34)28-38-25-35(20-19-33(38)13-4)31(7)43-30(6)18-22-41(43)44(32(11-2)12-3)40-26-36-16-14-15-17-37(36)27-40/h10,14,16,19-20,26,29-39,42-43H,1,11-13,15,17-18,21-25,27-28H2,2-9H3/b44-41+. The predicted octanol–water partition coefficient (Wildman–Crippen LogP) is 12.1. The molecule has 12 unspecified atom stereocenters. The molecule has 2 saturated carbocycles. The monoisotopic (exact) mass is 614 g/mol. The first-order valence-electron chi connectivity index (χ1n) is 19.8. The Morgan fingerprint density at radius 2 is 1.76 bits per heavy atom. The second-order valence-corrected chi connectivity index (χ2v) is 16.9. The molecule has 45 heavy (non-hydrogen) atoms. The van der Waals surface area contributed by atoms with Crippen LogP contribution in [0.4, 0.5) is 0 Å². The topological polar surface area (TPSA) is 3.24 Å². The summed E-state index contributed by atoms with van der Waals surface area (Å²) in [6, 6.07) is 0.739. The Morgan fingerprint density at radius 1 is 0.978 bits per heavy atom. The van der Waals surface area contributed by atoms with Crippen LogP contribution in [-0.2, 0) is 0 Å². The largest absolute Gasteiger partial charge is 0.306 e. The lowest BCUT2D eigenvalue weighted by atomic mass is 9.63. The maximum atomic E-state index is 4.18. The first-order valence-corrected chi connectivity index (χ1v) is 19.8. The van der Waals surface area contributed by atoms with Gasteiger partial charge in [0.1, 0.15) is 0 Å². The Morgan fingerprint density at radius 3 is 2.42 bits per heavy atom. The van der Waals surface area contributed by atoms with Gasteiger partial charge in [0, 0.05) is 6.04 Å². The number of hydrogen-bond acceptors (Lipinski definition) is 1. The SMILES string of the molecule is C=CC(C)C1CCC(N(C)C)C(CC2CC(C(C)C3/C(=C(/C4=CC5C=CCCC5C4)C(CC)CC)CCC3C)C=CC2CC)C1. The number of fused-ring (bicyclic) bond motifs is 1. The Balaban J connectivity index is 1.40. The molecule has 0 spiro atoms. The van der Waals surface area contributed by atoms with Gasteiger partial charge < -0.3 is 4.90 Å². The van der Waals surface area contributed by atoms with Crippen molar-refractivity contribution in [2.24, 2.45) is 71.0 Å². The van der Waals surface area contributed by atoms with Gasteiger partial charge in [-0.1, -0.05) is 83.6 Å². The van der Waals surface area contributed by atoms with Crippen LogP contribution in [0.1, 0.15) is 125 Å². The maximum absolute atomic E-state index is 4.18. The molecule has 0 aromatic carbocycles. The fourth-order valence-corrected chi connectivity index (χ4v) is 11.5. The van der Waals surface area contributed by atoms with Gasteiger partial charge in [-0.3, -0.25) is 0 Å². The number of allylic oxidation sites excluding steroid dienone is 9. The molecular weight excluding hydrogens is 542 g/mol. The van der Waals surface area contributed by atoms with Gasteiger partial charge in [-0.05, 0) is 180 Å². The zero-order valence-electron chi connectivity index (χ0n) is 30.8. The van der Waals surface area contributed by atoms with Crippen molar-refractivity contribution >= 4 is 0 Å². The average molecular weight is 614 g/mol. The molecule has 0 bridgehead atoms. The Kier molecular flexibility index (Phi) is 12.2. The van der Waals surface area contributed by atoms with Crippen LogP contribution in [0.3, 0.4) is 0 Å². The lowest BCUT2D eigenvalue weighted by molar-refractivity contribution is 0.0758. The highest BCUT2D eigenvalue weighted by molar-refractivity contribution is 5.44. The van der Waals surface area contributed by atoms with E-state index in [2.05, 4.69) is 104 Å². The summed E-state index contributed by atoms with van der Waals surface area (Å²) in [4.78, 5) is 2.57. The van der Waals surface area contributed by atoms with Crippen LogP contribution in [0.2, 0.25) is 0 Å². The van der Waals surface area contributed by atoms with Gasteiger partial charge in [-0.15, -0.1) is 6.58 Å². The van der Waals surface area contributed by atoms with Crippen LogP contribution in [0.15, 0.2) is 59.8 Å². The van der Waals surface area contributed by atoms with E-state index in [0.717, 1.165) is 59.3 Å². The van der Waals surface area contributed by atoms with Crippen LogP contribution in [0, 0.1) is 71.0 Å². The summed E-state index contributed by atoms with van der Waals surface area (Å²) in [5.74, 6) is 9.14. The minimum Gasteiger partial charge on any atom is -0.306 e. The summed E-state index contributed by atoms with van der Waals surface area (Å²) >= 11 is 0. The van der Waals surface area contributed by atoms with Crippen LogP contribution in [0.25, 0.3) is 0 Å². The molecule has 252 valence electrons. The van der Waals surface area contributed by atoms with E-state index >= 15 is 0 Å². The molecule has 5 aliphatic carbocycles. The van der Waals surface area contributed by atoms with Crippen molar-refractivity contribution in [3.63, 3.8) is 0 Å². The Hall–Kier alpha value is -1.34. The van der Waals surface area contributed by atoms with E-state index in [9.17, 15) is 0 Å². The number of hydrogen-bond donors (Lipinski definition) is 0. The minimum absolute atomic E-state index is 0.643. The van der Waals surface area contributed by atoms with E-state index in [1.807, 2.05) is 11.1 Å². The molecule has 0 radical (unpaired) electrons. The third-order valence-corrected chi connectivity index (χ3v) is 14.3. The van der Waals surface area contributed by atoms with E-state index in [4.69, 9.17) is 0 Å². The lowest BCUT2D eigenvalue weighted by Crippen LogP contribution is -2.42. The van der Waals surface area contributed by atoms with Crippen LogP contribution < -0.4 is 0 Å². The summed E-state index contributed by atoms with van der Waals surface area (Å²) in [7, 11) is 4.69. The van der Waals surface area contributed by atoms with Gasteiger partial charge in [0.25, 0.3) is 0 Å². The molecule has 2 fully saturated rings. The smallest absolute Gasteiger partial charge is 0.0118 e. The zero-order chi connectivity index (χ0) is 32.2. The van der Waals surface area contributed by atoms with Crippen LogP contribution in [-0.4, -0.2) is 25.0 Å². The van der Waals surface area contributed by atoms with Crippen LogP contribution in [0.5, 0.6) is 0 Å². The van der Waals surface area contributed by atoms with Gasteiger partial charge in [-0.25, -0.2) is 0 Å². The molecule has 5 rings (SSSR count). The quantitative estimate of drug-likeness (QED) is 0.198. The summed E-state index contributed by atoms with van der Waals surface area (Å²) in [6.45, 7) is 19.2. The first-order chi connectivity index (χ1) is 21.7. The van der Waals surface area contributed by atoms with Crippen molar-refractivity contribution in [2.45, 2.75) is 131 Å². The van der Waals surface area contributed by atoms with Gasteiger partial charge in [-0.2, -0.15) is 0 Å². The molecule has 0 heterocycles. The van der Waals surface area contributed by atoms with Crippen LogP contribution >= 0.6 is 0 Å². The molecule has 0 N–H and O–H groups in total. The van der Waals surface area contributed by atoms with Gasteiger partial charge in [0.15, 0.2) is 0 Å². The zero-order valence-corrected chi connectivity index (χ0v) is 30.8. The van der Waals surface area contributed by atoms with E-state index < -0.39 is 0 Å². The van der Waals surface area contributed by atoms with Gasteiger partial charge in [0.05, 0.1) is 0 Å². The molecule has 12 atom stereocenters. The number of nitrogens with zero attached hydrogens (tertiary/aromatic N) is 1. The summed E-state index contributed by atoms with van der Waals surface area (Å²) in [6.07, 6.45) is 32.9. The average Bonchev–Trinajstić information content (AvgIpc) is 3.65. The first kappa shape index (κ1) is 35.0. The summed E-state index contributed by atoms with van der Waals surface area (Å²) < 4.78 is 0. The third-order valence-electron chi connectivity index (χ3n) is 14.3. The number of rotatable bonds is 12. The molecular formula is C44H71N. The van der Waals surface area contributed by atoms with E-state index in [1.54, 1.807) is 5.57 Å². The fourth-order valence-electron chi connectivity index (χ4n) is 11.5. The normalized spacial score (nSPS) is 39.2. The molecule has 0 aromatic rings. The second-order valence-electron chi connectivity index (χ2n) is 16.9. The fraction of sp³-hybridized carbons (Fsp3) is 0.773. The lowest BCUT2D eigenvalue weighted by Gasteiger charge is -2.45. The van der Waals surface area contributed by atoms with Crippen molar-refractivity contribution in [1.29, 1.82) is 0 Å². The van der Waals surface area contributed by atoms with E-state index in [1.165, 1.54) is 83.5 Å². The van der Waals surface area contributed by atoms with E-state index in [0.29, 0.717) is 17.8 Å². The molecule has 5 aliphatic rings. The summed E-state index contributed by atoms with van der Waals surface area (Å²) in [5, 5.41) is 0. The molecule has 0 aliphatic heterocycles. The summed E-state index contributed by atoms with van der Waals surface area (Å²) in [5.41, 5.74) is 5.52. The molecule has 0 saturated heterocycles. The highest BCUT2D eigenvalue weighted by Crippen LogP contribution is 2.53. The van der Waals surface area contributed by atoms with Gasteiger partial charge in [0.2, 0.25) is 0 Å². The highest BCUT2D eigenvalue weighted by Gasteiger charge is 2.43. The van der Waals surface area contributed by atoms with Crippen molar-refractivity contribution in [3.05, 3.63) is 59.8 Å². The van der Waals surface area contributed by atoms with Crippen molar-refractivity contribution in [3.8, 4) is 0 Å². The molecule has 0 aromatic heterocycles. The molecule has 0 amide bonds. The van der Waals surface area contributed by atoms with Crippen molar-refractivity contribution < 1.29 is 0 Å². The highest BCUT2D eigenvalue weighted by atomic mass is 15.1. The van der Waals surface area contributed by atoms with Crippen molar-refractivity contribution in [1.82, 2.24) is 4.90 Å². The maximum Gasteiger partial charge on any atom is 0.0118 e. The molecule has 1 nitrogen and oxygen atoms in total.